The van der Waals surface area contributed by atoms with Crippen LogP contribution >= 0.6 is 36.8 Å². The molecule has 1 unspecified atom stereocenters. The van der Waals surface area contributed by atoms with Gasteiger partial charge in [0.2, 0.25) is 0 Å². The fraction of sp³-hybridized carbons (Fsp3) is 0.0952. The number of ketones is 1. The second-order valence-corrected chi connectivity index (χ2v) is 7.70. The fourth-order valence-corrected chi connectivity index (χ4v) is 3.77. The minimum Gasteiger partial charge on any atom is -0.355 e. The van der Waals surface area contributed by atoms with Gasteiger partial charge in [-0.15, -0.1) is 9.24 Å². The van der Waals surface area contributed by atoms with E-state index in [4.69, 9.17) is 11.6 Å². The van der Waals surface area contributed by atoms with Gasteiger partial charge in [0.25, 0.3) is 0 Å². The first-order valence-electron chi connectivity index (χ1n) is 8.15. The minimum absolute atomic E-state index is 0.0612. The molecule has 26 heavy (non-hydrogen) atoms. The Morgan fingerprint density at radius 2 is 1.85 bits per heavy atom. The zero-order chi connectivity index (χ0) is 18.7. The van der Waals surface area contributed by atoms with E-state index in [0.717, 1.165) is 27.6 Å². The van der Waals surface area contributed by atoms with Gasteiger partial charge in [0, 0.05) is 27.0 Å². The summed E-state index contributed by atoms with van der Waals surface area (Å²) in [7, 11) is 2.73. The lowest BCUT2D eigenvalue weighted by atomic mass is 9.99. The summed E-state index contributed by atoms with van der Waals surface area (Å²) in [6.45, 7) is 1.93. The Morgan fingerprint density at radius 1 is 1.08 bits per heavy atom. The number of carbonyl (C=O) groups excluding carboxylic acids is 1. The number of anilines is 2. The Labute approximate surface area is 169 Å². The number of nitrogens with one attached hydrogen (secondary N) is 1. The number of hydrogen-bond acceptors (Lipinski definition) is 2. The zero-order valence-electron chi connectivity index (χ0n) is 14.2. The maximum Gasteiger partial charge on any atom is 0.194 e. The third-order valence-electron chi connectivity index (χ3n) is 4.17. The van der Waals surface area contributed by atoms with Gasteiger partial charge in [-0.05, 0) is 60.6 Å². The van der Waals surface area contributed by atoms with Crippen LogP contribution in [0, 0.1) is 6.92 Å². The quantitative estimate of drug-likeness (QED) is 0.346. The summed E-state index contributed by atoms with van der Waals surface area (Å²) >= 11 is 9.91. The Kier molecular flexibility index (Phi) is 6.13. The molecular formula is C21H18BrClNOP. The van der Waals surface area contributed by atoms with E-state index in [1.807, 2.05) is 49.4 Å². The second-order valence-electron chi connectivity index (χ2n) is 5.97. The maximum atomic E-state index is 12.8. The smallest absolute Gasteiger partial charge is 0.194 e. The third-order valence-corrected chi connectivity index (χ3v) is 5.42. The van der Waals surface area contributed by atoms with Crippen molar-refractivity contribution in [2.45, 2.75) is 13.1 Å². The number of aryl methyl sites for hydroxylation is 1. The molecule has 0 bridgehead atoms. The number of benzene rings is 3. The van der Waals surface area contributed by atoms with Gasteiger partial charge in [-0.2, -0.15) is 0 Å². The third kappa shape index (κ3) is 4.17. The molecule has 132 valence electrons. The molecule has 1 atom stereocenters. The summed E-state index contributed by atoms with van der Waals surface area (Å²) in [6.07, 6.45) is 0.833. The number of rotatable bonds is 5. The predicted molar refractivity (Wildman–Crippen MR) is 117 cm³/mol. The molecule has 0 saturated heterocycles. The molecule has 0 fully saturated rings. The average molecular weight is 447 g/mol. The first kappa shape index (κ1) is 19.1. The largest absolute Gasteiger partial charge is 0.355 e. The Bertz CT molecular complexity index is 974. The van der Waals surface area contributed by atoms with Crippen molar-refractivity contribution < 1.29 is 4.79 Å². The molecule has 3 aromatic rings. The first-order chi connectivity index (χ1) is 12.5. The van der Waals surface area contributed by atoms with Gasteiger partial charge >= 0.3 is 0 Å². The van der Waals surface area contributed by atoms with Gasteiger partial charge in [-0.3, -0.25) is 4.79 Å². The van der Waals surface area contributed by atoms with E-state index in [0.29, 0.717) is 16.1 Å². The van der Waals surface area contributed by atoms with Crippen molar-refractivity contribution in [2.24, 2.45) is 0 Å². The summed E-state index contributed by atoms with van der Waals surface area (Å²) < 4.78 is 1.04. The lowest BCUT2D eigenvalue weighted by Gasteiger charge is -2.13. The Hall–Kier alpha value is -1.67. The van der Waals surface area contributed by atoms with Gasteiger partial charge in [0.15, 0.2) is 5.78 Å². The summed E-state index contributed by atoms with van der Waals surface area (Å²) in [5.74, 6) is -0.0612. The lowest BCUT2D eigenvalue weighted by molar-refractivity contribution is 0.103. The van der Waals surface area contributed by atoms with Gasteiger partial charge in [-0.25, -0.2) is 0 Å². The van der Waals surface area contributed by atoms with Crippen molar-refractivity contribution in [1.29, 1.82) is 0 Å². The Morgan fingerprint density at radius 3 is 2.54 bits per heavy atom. The molecule has 0 radical (unpaired) electrons. The lowest BCUT2D eigenvalue weighted by Crippen LogP contribution is -2.05. The van der Waals surface area contributed by atoms with Crippen LogP contribution in [0.5, 0.6) is 0 Å². The summed E-state index contributed by atoms with van der Waals surface area (Å²) in [4.78, 5) is 12.8. The van der Waals surface area contributed by atoms with Gasteiger partial charge < -0.3 is 5.32 Å². The minimum atomic E-state index is -0.0612. The molecule has 0 aliphatic heterocycles. The van der Waals surface area contributed by atoms with E-state index >= 15 is 0 Å². The standard InChI is InChI=1S/C21H18BrClNOP/c1-13-4-2-3-5-17(13)21(25)18-8-7-16(11-19(18)23)24-20-9-6-15(22)10-14(20)12-26/h2-11,24H,12,26H2,1H3. The maximum absolute atomic E-state index is 12.8. The van der Waals surface area contributed by atoms with E-state index in [1.54, 1.807) is 12.1 Å². The van der Waals surface area contributed by atoms with Crippen LogP contribution in [0.3, 0.4) is 0 Å². The molecule has 0 amide bonds. The molecule has 0 aliphatic rings. The molecule has 3 rings (SSSR count). The molecule has 2 nitrogen and oxygen atoms in total. The van der Waals surface area contributed by atoms with Crippen LogP contribution in [0.25, 0.3) is 0 Å². The highest BCUT2D eigenvalue weighted by Crippen LogP contribution is 2.29. The predicted octanol–water partition coefficient (Wildman–Crippen LogP) is 6.76. The van der Waals surface area contributed by atoms with Gasteiger partial charge in [-0.1, -0.05) is 51.8 Å². The van der Waals surface area contributed by atoms with Crippen molar-refractivity contribution in [2.75, 3.05) is 5.32 Å². The Balaban J connectivity index is 1.89. The van der Waals surface area contributed by atoms with Gasteiger partial charge in [0.05, 0.1) is 5.02 Å². The number of carbonyl (C=O) groups is 1. The zero-order valence-corrected chi connectivity index (χ0v) is 17.7. The van der Waals surface area contributed by atoms with Crippen molar-refractivity contribution in [3.63, 3.8) is 0 Å². The van der Waals surface area contributed by atoms with Crippen LogP contribution in [0.1, 0.15) is 27.0 Å². The van der Waals surface area contributed by atoms with Crippen LogP contribution in [0.2, 0.25) is 5.02 Å². The fourth-order valence-electron chi connectivity index (χ4n) is 2.76. The summed E-state index contributed by atoms with van der Waals surface area (Å²) in [6, 6.07) is 19.1. The topological polar surface area (TPSA) is 29.1 Å². The van der Waals surface area contributed by atoms with Gasteiger partial charge in [0.1, 0.15) is 0 Å². The molecule has 0 aromatic heterocycles. The monoisotopic (exact) mass is 445 g/mol. The molecule has 0 heterocycles. The number of hydrogen-bond donors (Lipinski definition) is 1. The molecular weight excluding hydrogens is 429 g/mol. The van der Waals surface area contributed by atoms with E-state index in [2.05, 4.69) is 36.6 Å². The van der Waals surface area contributed by atoms with E-state index in [-0.39, 0.29) is 5.78 Å². The SMILES string of the molecule is Cc1ccccc1C(=O)c1ccc(Nc2ccc(Br)cc2CP)cc1Cl. The highest BCUT2D eigenvalue weighted by atomic mass is 79.9. The van der Waals surface area contributed by atoms with Crippen LogP contribution < -0.4 is 5.32 Å². The summed E-state index contributed by atoms with van der Waals surface area (Å²) in [5, 5.41) is 3.82. The molecule has 1 N–H and O–H groups in total. The summed E-state index contributed by atoms with van der Waals surface area (Å²) in [5.41, 5.74) is 5.15. The van der Waals surface area contributed by atoms with E-state index in [1.165, 1.54) is 5.56 Å². The molecule has 3 aromatic carbocycles. The normalized spacial score (nSPS) is 10.6. The molecule has 0 saturated carbocycles. The van der Waals surface area contributed by atoms with E-state index < -0.39 is 0 Å². The number of halogens is 2. The average Bonchev–Trinajstić information content (AvgIpc) is 2.63. The van der Waals surface area contributed by atoms with Crippen molar-refractivity contribution in [3.8, 4) is 0 Å². The highest BCUT2D eigenvalue weighted by Gasteiger charge is 2.15. The highest BCUT2D eigenvalue weighted by molar-refractivity contribution is 9.10. The van der Waals surface area contributed by atoms with Crippen molar-refractivity contribution >= 4 is 53.9 Å². The van der Waals surface area contributed by atoms with Crippen LogP contribution in [-0.2, 0) is 6.16 Å². The molecule has 0 aliphatic carbocycles. The van der Waals surface area contributed by atoms with Crippen molar-refractivity contribution in [1.82, 2.24) is 0 Å². The first-order valence-corrected chi connectivity index (χ1v) is 10.1. The second kappa shape index (κ2) is 8.35. The van der Waals surface area contributed by atoms with Crippen LogP contribution in [-0.4, -0.2) is 5.78 Å². The van der Waals surface area contributed by atoms with Crippen LogP contribution in [0.15, 0.2) is 65.1 Å². The van der Waals surface area contributed by atoms with Crippen LogP contribution in [0.4, 0.5) is 11.4 Å². The van der Waals surface area contributed by atoms with E-state index in [9.17, 15) is 4.79 Å². The molecule has 0 spiro atoms. The van der Waals surface area contributed by atoms with Crippen molar-refractivity contribution in [3.05, 3.63) is 92.4 Å². The molecule has 5 heteroatoms.